The second kappa shape index (κ2) is 10.7. The Bertz CT molecular complexity index is 946. The predicted octanol–water partition coefficient (Wildman–Crippen LogP) is 3.32. The number of hydrogen-bond donors (Lipinski definition) is 2. The van der Waals surface area contributed by atoms with Crippen LogP contribution in [0.3, 0.4) is 0 Å². The molecule has 1 aromatic heterocycles. The first-order chi connectivity index (χ1) is 15.3. The molecule has 0 unspecified atom stereocenters. The van der Waals surface area contributed by atoms with Crippen LogP contribution in [-0.2, 0) is 14.4 Å². The highest BCUT2D eigenvalue weighted by Gasteiger charge is 2.39. The average molecular weight is 458 g/mol. The van der Waals surface area contributed by atoms with E-state index < -0.39 is 12.1 Å². The second-order valence-electron chi connectivity index (χ2n) is 8.54. The van der Waals surface area contributed by atoms with Crippen molar-refractivity contribution in [3.8, 4) is 11.3 Å². The van der Waals surface area contributed by atoms with Crippen molar-refractivity contribution in [1.82, 2.24) is 19.8 Å². The molecule has 2 heterocycles. The first-order valence-electron chi connectivity index (χ1n) is 11.1. The van der Waals surface area contributed by atoms with Gasteiger partial charge in [0.25, 0.3) is 0 Å². The van der Waals surface area contributed by atoms with Gasteiger partial charge in [0.2, 0.25) is 17.7 Å². The van der Waals surface area contributed by atoms with Gasteiger partial charge in [-0.25, -0.2) is 0 Å². The molecule has 172 valence electrons. The third-order valence-electron chi connectivity index (χ3n) is 5.90. The van der Waals surface area contributed by atoms with Gasteiger partial charge < -0.3 is 15.5 Å². The number of nitrogens with zero attached hydrogens (tertiary/aromatic N) is 3. The lowest BCUT2D eigenvalue weighted by atomic mass is 10.00. The number of aromatic nitrogens is 2. The first-order valence-corrected chi connectivity index (χ1v) is 11.9. The topological polar surface area (TPSA) is 104 Å². The Morgan fingerprint density at radius 3 is 2.56 bits per heavy atom. The summed E-state index contributed by atoms with van der Waals surface area (Å²) in [7, 11) is 0. The summed E-state index contributed by atoms with van der Waals surface area (Å²) in [6.45, 7) is 8.08. The monoisotopic (exact) mass is 457 g/mol. The van der Waals surface area contributed by atoms with Crippen LogP contribution in [0, 0.1) is 11.8 Å². The molecule has 0 saturated carbocycles. The van der Waals surface area contributed by atoms with Crippen LogP contribution >= 0.6 is 11.5 Å². The van der Waals surface area contributed by atoms with E-state index in [4.69, 9.17) is 0 Å². The van der Waals surface area contributed by atoms with Crippen molar-refractivity contribution in [3.63, 3.8) is 0 Å². The number of nitrogens with one attached hydrogen (secondary N) is 2. The zero-order valence-electron chi connectivity index (χ0n) is 19.0. The molecule has 0 aliphatic carbocycles. The number of likely N-dealkylation sites (tertiary alicyclic amines) is 1. The molecule has 3 amide bonds. The zero-order chi connectivity index (χ0) is 23.3. The maximum atomic E-state index is 13.3. The van der Waals surface area contributed by atoms with Crippen molar-refractivity contribution in [2.45, 2.75) is 59.0 Å². The standard InChI is InChI=1S/C23H31N5O3S/c1-5-15(4)20(29)24-18(14(2)3)23(31)28-13-9-12-17(28)21(30)25-22-19(26-27-32-22)16-10-7-6-8-11-16/h6-8,10-11,14-15,17-18H,5,9,12-13H2,1-4H3,(H,24,29)(H,25,30)/t15-,17+,18+/m1/s1. The quantitative estimate of drug-likeness (QED) is 0.633. The lowest BCUT2D eigenvalue weighted by Crippen LogP contribution is -2.55. The van der Waals surface area contributed by atoms with Gasteiger partial charge in [-0.15, -0.1) is 5.10 Å². The van der Waals surface area contributed by atoms with Crippen molar-refractivity contribution in [2.75, 3.05) is 11.9 Å². The summed E-state index contributed by atoms with van der Waals surface area (Å²) in [6.07, 6.45) is 2.02. The molecule has 1 saturated heterocycles. The minimum Gasteiger partial charge on any atom is -0.344 e. The highest BCUT2D eigenvalue weighted by atomic mass is 32.1. The molecule has 3 rings (SSSR count). The van der Waals surface area contributed by atoms with Gasteiger partial charge in [0.05, 0.1) is 0 Å². The molecular formula is C23H31N5O3S. The van der Waals surface area contributed by atoms with Crippen LogP contribution in [0.15, 0.2) is 30.3 Å². The molecule has 2 aromatic rings. The maximum Gasteiger partial charge on any atom is 0.247 e. The van der Waals surface area contributed by atoms with Gasteiger partial charge in [-0.2, -0.15) is 0 Å². The van der Waals surface area contributed by atoms with Gasteiger partial charge in [-0.05, 0) is 25.2 Å². The summed E-state index contributed by atoms with van der Waals surface area (Å²) in [5.74, 6) is -0.856. The summed E-state index contributed by atoms with van der Waals surface area (Å²) in [5, 5.41) is 10.5. The van der Waals surface area contributed by atoms with E-state index in [2.05, 4.69) is 20.2 Å². The van der Waals surface area contributed by atoms with Crippen molar-refractivity contribution in [2.24, 2.45) is 11.8 Å². The van der Waals surface area contributed by atoms with E-state index in [9.17, 15) is 14.4 Å². The summed E-state index contributed by atoms with van der Waals surface area (Å²) >= 11 is 1.11. The second-order valence-corrected chi connectivity index (χ2v) is 9.29. The molecule has 3 atom stereocenters. The molecule has 0 radical (unpaired) electrons. The Balaban J connectivity index is 1.73. The van der Waals surface area contributed by atoms with Crippen LogP contribution in [0.1, 0.15) is 47.0 Å². The van der Waals surface area contributed by atoms with Crippen LogP contribution in [-0.4, -0.2) is 50.8 Å². The van der Waals surface area contributed by atoms with Gasteiger partial charge >= 0.3 is 0 Å². The lowest BCUT2D eigenvalue weighted by molar-refractivity contribution is -0.141. The smallest absolute Gasteiger partial charge is 0.247 e. The van der Waals surface area contributed by atoms with Crippen LogP contribution in [0.2, 0.25) is 0 Å². The molecule has 32 heavy (non-hydrogen) atoms. The third-order valence-corrected chi connectivity index (χ3v) is 6.54. The fourth-order valence-electron chi connectivity index (χ4n) is 3.73. The van der Waals surface area contributed by atoms with Crippen LogP contribution < -0.4 is 10.6 Å². The first kappa shape index (κ1) is 23.8. The zero-order valence-corrected chi connectivity index (χ0v) is 19.8. The summed E-state index contributed by atoms with van der Waals surface area (Å²) < 4.78 is 3.99. The SMILES string of the molecule is CC[C@@H](C)C(=O)N[C@H](C(=O)N1CCC[C@H]1C(=O)Nc1snnc1-c1ccccc1)C(C)C. The number of benzene rings is 1. The molecular weight excluding hydrogens is 426 g/mol. The molecule has 0 spiro atoms. The number of rotatable bonds is 8. The Labute approximate surface area is 192 Å². The van der Waals surface area contributed by atoms with E-state index in [1.807, 2.05) is 58.0 Å². The Kier molecular flexibility index (Phi) is 7.95. The van der Waals surface area contributed by atoms with E-state index in [0.29, 0.717) is 30.1 Å². The fraction of sp³-hybridized carbons (Fsp3) is 0.522. The summed E-state index contributed by atoms with van der Waals surface area (Å²) in [6, 6.07) is 8.28. The van der Waals surface area contributed by atoms with E-state index >= 15 is 0 Å². The predicted molar refractivity (Wildman–Crippen MR) is 125 cm³/mol. The van der Waals surface area contributed by atoms with Gasteiger partial charge in [-0.1, -0.05) is 62.5 Å². The average Bonchev–Trinajstić information content (AvgIpc) is 3.46. The van der Waals surface area contributed by atoms with Crippen LogP contribution in [0.25, 0.3) is 11.3 Å². The highest BCUT2D eigenvalue weighted by molar-refractivity contribution is 7.10. The van der Waals surface area contributed by atoms with E-state index in [1.165, 1.54) is 0 Å². The number of carbonyl (C=O) groups excluding carboxylic acids is 3. The molecule has 2 N–H and O–H groups in total. The Morgan fingerprint density at radius 2 is 1.91 bits per heavy atom. The molecule has 1 aromatic carbocycles. The number of carbonyl (C=O) groups is 3. The Hall–Kier alpha value is -2.81. The van der Waals surface area contributed by atoms with Crippen molar-refractivity contribution in [3.05, 3.63) is 30.3 Å². The van der Waals surface area contributed by atoms with E-state index in [0.717, 1.165) is 23.5 Å². The summed E-state index contributed by atoms with van der Waals surface area (Å²) in [5.41, 5.74) is 1.48. The molecule has 1 aliphatic heterocycles. The van der Waals surface area contributed by atoms with Crippen LogP contribution in [0.4, 0.5) is 5.00 Å². The summed E-state index contributed by atoms with van der Waals surface area (Å²) in [4.78, 5) is 40.5. The molecule has 9 heteroatoms. The van der Waals surface area contributed by atoms with Crippen molar-refractivity contribution >= 4 is 34.3 Å². The minimum absolute atomic E-state index is 0.0878. The fourth-order valence-corrected chi connectivity index (χ4v) is 4.32. The van der Waals surface area contributed by atoms with Gasteiger partial charge in [0.1, 0.15) is 22.8 Å². The minimum atomic E-state index is -0.658. The van der Waals surface area contributed by atoms with Gasteiger partial charge in [0, 0.05) is 29.6 Å². The Morgan fingerprint density at radius 1 is 1.19 bits per heavy atom. The van der Waals surface area contributed by atoms with Gasteiger partial charge in [-0.3, -0.25) is 14.4 Å². The molecule has 1 aliphatic rings. The molecule has 8 nitrogen and oxygen atoms in total. The van der Waals surface area contributed by atoms with Gasteiger partial charge in [0.15, 0.2) is 0 Å². The normalized spacial score (nSPS) is 17.8. The highest BCUT2D eigenvalue weighted by Crippen LogP contribution is 2.30. The van der Waals surface area contributed by atoms with Crippen LogP contribution in [0.5, 0.6) is 0 Å². The van der Waals surface area contributed by atoms with E-state index in [1.54, 1.807) is 4.90 Å². The lowest BCUT2D eigenvalue weighted by Gasteiger charge is -2.31. The molecule has 0 bridgehead atoms. The maximum absolute atomic E-state index is 13.3. The number of anilines is 1. The number of amides is 3. The third kappa shape index (κ3) is 5.32. The molecule has 1 fully saturated rings. The van der Waals surface area contributed by atoms with E-state index in [-0.39, 0.29) is 29.6 Å². The van der Waals surface area contributed by atoms with Crippen molar-refractivity contribution < 1.29 is 14.4 Å². The van der Waals surface area contributed by atoms with Crippen molar-refractivity contribution in [1.29, 1.82) is 0 Å². The largest absolute Gasteiger partial charge is 0.344 e. The number of hydrogen-bond acceptors (Lipinski definition) is 6.